The van der Waals surface area contributed by atoms with Crippen LogP contribution in [0.4, 0.5) is 5.69 Å². The Bertz CT molecular complexity index is 370. The van der Waals surface area contributed by atoms with Crippen LogP contribution >= 0.6 is 0 Å². The number of nitrogens with one attached hydrogen (secondary N) is 1. The second-order valence-electron chi connectivity index (χ2n) is 4.89. The second-order valence-corrected chi connectivity index (χ2v) is 4.89. The van der Waals surface area contributed by atoms with E-state index in [1.807, 2.05) is 12.1 Å². The molecule has 0 spiro atoms. The van der Waals surface area contributed by atoms with Gasteiger partial charge in [0.2, 0.25) is 5.91 Å². The third-order valence-electron chi connectivity index (χ3n) is 3.17. The Morgan fingerprint density at radius 3 is 2.58 bits per heavy atom. The zero-order valence-corrected chi connectivity index (χ0v) is 11.6. The zero-order chi connectivity index (χ0) is 14.1. The van der Waals surface area contributed by atoms with Gasteiger partial charge in [-0.2, -0.15) is 0 Å². The number of nitrogens with two attached hydrogens (primary N) is 1. The number of carbonyl (C=O) groups excluding carboxylic acids is 1. The molecule has 0 bridgehead atoms. The van der Waals surface area contributed by atoms with Gasteiger partial charge in [0.05, 0.1) is 6.42 Å². The minimum absolute atomic E-state index is 0.0174. The first-order chi connectivity index (χ1) is 9.15. The maximum absolute atomic E-state index is 11.8. The molecule has 1 rings (SSSR count). The van der Waals surface area contributed by atoms with E-state index in [9.17, 15) is 4.79 Å². The summed E-state index contributed by atoms with van der Waals surface area (Å²) in [4.78, 5) is 11.8. The number of aliphatic hydroxyl groups excluding tert-OH is 1. The number of rotatable bonds is 8. The minimum atomic E-state index is 0.0174. The van der Waals surface area contributed by atoms with Crippen LogP contribution in [0.5, 0.6) is 0 Å². The van der Waals surface area contributed by atoms with Crippen molar-refractivity contribution in [3.63, 3.8) is 0 Å². The normalized spacial score (nSPS) is 12.1. The third kappa shape index (κ3) is 6.25. The van der Waals surface area contributed by atoms with Crippen LogP contribution in [0.2, 0.25) is 0 Å². The number of amides is 1. The van der Waals surface area contributed by atoms with E-state index in [0.29, 0.717) is 24.6 Å². The quantitative estimate of drug-likeness (QED) is 0.626. The van der Waals surface area contributed by atoms with E-state index in [1.54, 1.807) is 12.1 Å². The van der Waals surface area contributed by atoms with E-state index in [0.717, 1.165) is 24.8 Å². The summed E-state index contributed by atoms with van der Waals surface area (Å²) < 4.78 is 0. The van der Waals surface area contributed by atoms with E-state index in [-0.39, 0.29) is 12.5 Å². The largest absolute Gasteiger partial charge is 0.399 e. The molecule has 19 heavy (non-hydrogen) atoms. The highest BCUT2D eigenvalue weighted by atomic mass is 16.3. The van der Waals surface area contributed by atoms with Gasteiger partial charge in [0, 0.05) is 18.8 Å². The van der Waals surface area contributed by atoms with E-state index in [2.05, 4.69) is 12.2 Å². The third-order valence-corrected chi connectivity index (χ3v) is 3.17. The van der Waals surface area contributed by atoms with Gasteiger partial charge >= 0.3 is 0 Å². The molecule has 0 radical (unpaired) electrons. The fourth-order valence-corrected chi connectivity index (χ4v) is 2.08. The number of aliphatic hydroxyl groups is 1. The first kappa shape index (κ1) is 15.5. The first-order valence-corrected chi connectivity index (χ1v) is 6.87. The number of benzene rings is 1. The lowest BCUT2D eigenvalue weighted by Crippen LogP contribution is -2.30. The molecule has 0 saturated heterocycles. The topological polar surface area (TPSA) is 75.3 Å². The van der Waals surface area contributed by atoms with E-state index in [1.165, 1.54) is 0 Å². The van der Waals surface area contributed by atoms with Crippen molar-refractivity contribution in [1.82, 2.24) is 5.32 Å². The molecule has 4 heteroatoms. The lowest BCUT2D eigenvalue weighted by Gasteiger charge is -2.15. The number of hydrogen-bond donors (Lipinski definition) is 3. The molecule has 0 aliphatic carbocycles. The summed E-state index contributed by atoms with van der Waals surface area (Å²) >= 11 is 0. The molecular formula is C15H24N2O2. The Morgan fingerprint density at radius 1 is 1.32 bits per heavy atom. The molecule has 1 aromatic carbocycles. The minimum Gasteiger partial charge on any atom is -0.399 e. The summed E-state index contributed by atoms with van der Waals surface area (Å²) in [5, 5.41) is 11.9. The predicted octanol–water partition coefficient (Wildman–Crippen LogP) is 1.73. The molecule has 0 aliphatic rings. The Morgan fingerprint density at radius 2 is 2.00 bits per heavy atom. The second kappa shape index (κ2) is 8.53. The SMILES string of the molecule is CCCC(CCO)CNC(=O)Cc1ccc(N)cc1. The monoisotopic (exact) mass is 264 g/mol. The molecule has 1 amide bonds. The van der Waals surface area contributed by atoms with Gasteiger partial charge in [-0.1, -0.05) is 25.5 Å². The molecule has 0 saturated carbocycles. The van der Waals surface area contributed by atoms with Crippen LogP contribution in [0.3, 0.4) is 0 Å². The van der Waals surface area contributed by atoms with Gasteiger partial charge in [0.1, 0.15) is 0 Å². The summed E-state index contributed by atoms with van der Waals surface area (Å²) in [6, 6.07) is 7.33. The average Bonchev–Trinajstić information content (AvgIpc) is 2.39. The van der Waals surface area contributed by atoms with Gasteiger partial charge in [0.15, 0.2) is 0 Å². The van der Waals surface area contributed by atoms with Gasteiger partial charge in [-0.25, -0.2) is 0 Å². The molecule has 0 aromatic heterocycles. The van der Waals surface area contributed by atoms with E-state index < -0.39 is 0 Å². The summed E-state index contributed by atoms with van der Waals surface area (Å²) in [6.07, 6.45) is 3.22. The van der Waals surface area contributed by atoms with Gasteiger partial charge < -0.3 is 16.2 Å². The van der Waals surface area contributed by atoms with Crippen molar-refractivity contribution in [3.8, 4) is 0 Å². The lowest BCUT2D eigenvalue weighted by molar-refractivity contribution is -0.120. The van der Waals surface area contributed by atoms with Crippen LogP contribution in [-0.2, 0) is 11.2 Å². The molecule has 1 atom stereocenters. The molecule has 1 aromatic rings. The Labute approximate surface area is 115 Å². The highest BCUT2D eigenvalue weighted by molar-refractivity contribution is 5.78. The summed E-state index contributed by atoms with van der Waals surface area (Å²) in [5.41, 5.74) is 7.26. The number of hydrogen-bond acceptors (Lipinski definition) is 3. The molecule has 0 heterocycles. The fourth-order valence-electron chi connectivity index (χ4n) is 2.08. The molecule has 0 fully saturated rings. The molecule has 106 valence electrons. The highest BCUT2D eigenvalue weighted by Crippen LogP contribution is 2.10. The van der Waals surface area contributed by atoms with Gasteiger partial charge in [0.25, 0.3) is 0 Å². The van der Waals surface area contributed by atoms with Crippen molar-refractivity contribution in [1.29, 1.82) is 0 Å². The molecular weight excluding hydrogens is 240 g/mol. The van der Waals surface area contributed by atoms with Gasteiger partial charge in [-0.3, -0.25) is 4.79 Å². The van der Waals surface area contributed by atoms with E-state index >= 15 is 0 Å². The van der Waals surface area contributed by atoms with Crippen molar-refractivity contribution in [2.24, 2.45) is 5.92 Å². The van der Waals surface area contributed by atoms with Gasteiger partial charge in [-0.05, 0) is 36.5 Å². The molecule has 4 nitrogen and oxygen atoms in total. The van der Waals surface area contributed by atoms with Crippen molar-refractivity contribution < 1.29 is 9.90 Å². The lowest BCUT2D eigenvalue weighted by atomic mass is 10.00. The van der Waals surface area contributed by atoms with Gasteiger partial charge in [-0.15, -0.1) is 0 Å². The summed E-state index contributed by atoms with van der Waals surface area (Å²) in [7, 11) is 0. The van der Waals surface area contributed by atoms with Crippen LogP contribution in [0.1, 0.15) is 31.7 Å². The Balaban J connectivity index is 2.35. The van der Waals surface area contributed by atoms with Crippen LogP contribution in [0.15, 0.2) is 24.3 Å². The summed E-state index contributed by atoms with van der Waals surface area (Å²) in [5.74, 6) is 0.384. The van der Waals surface area contributed by atoms with Crippen LogP contribution in [0.25, 0.3) is 0 Å². The van der Waals surface area contributed by atoms with Crippen LogP contribution < -0.4 is 11.1 Å². The number of carbonyl (C=O) groups is 1. The number of nitrogen functional groups attached to an aromatic ring is 1. The Hall–Kier alpha value is -1.55. The molecule has 0 aliphatic heterocycles. The van der Waals surface area contributed by atoms with Crippen molar-refractivity contribution in [2.45, 2.75) is 32.6 Å². The average molecular weight is 264 g/mol. The maximum Gasteiger partial charge on any atom is 0.224 e. The van der Waals surface area contributed by atoms with Crippen molar-refractivity contribution >= 4 is 11.6 Å². The standard InChI is InChI=1S/C15H24N2O2/c1-2-3-13(8-9-18)11-17-15(19)10-12-4-6-14(16)7-5-12/h4-7,13,18H,2-3,8-11,16H2,1H3,(H,17,19). The van der Waals surface area contributed by atoms with Crippen molar-refractivity contribution in [2.75, 3.05) is 18.9 Å². The molecule has 4 N–H and O–H groups in total. The highest BCUT2D eigenvalue weighted by Gasteiger charge is 2.09. The van der Waals surface area contributed by atoms with E-state index in [4.69, 9.17) is 10.8 Å². The maximum atomic E-state index is 11.8. The summed E-state index contributed by atoms with van der Waals surface area (Å²) in [6.45, 7) is 2.93. The fraction of sp³-hybridized carbons (Fsp3) is 0.533. The first-order valence-electron chi connectivity index (χ1n) is 6.87. The van der Waals surface area contributed by atoms with Crippen molar-refractivity contribution in [3.05, 3.63) is 29.8 Å². The zero-order valence-electron chi connectivity index (χ0n) is 11.6. The Kier molecular flexibility index (Phi) is 6.97. The predicted molar refractivity (Wildman–Crippen MR) is 77.7 cm³/mol. The number of anilines is 1. The molecule has 1 unspecified atom stereocenters. The van der Waals surface area contributed by atoms with Crippen LogP contribution in [0, 0.1) is 5.92 Å². The van der Waals surface area contributed by atoms with Crippen LogP contribution in [-0.4, -0.2) is 24.2 Å². The smallest absolute Gasteiger partial charge is 0.224 e.